The number of aryl methyl sites for hydroxylation is 2. The molecule has 0 amide bonds. The number of benzene rings is 1. The van der Waals surface area contributed by atoms with Gasteiger partial charge in [0, 0.05) is 18.6 Å². The highest BCUT2D eigenvalue weighted by atomic mass is 15.2. The van der Waals surface area contributed by atoms with Crippen LogP contribution >= 0.6 is 0 Å². The molecule has 1 fully saturated rings. The summed E-state index contributed by atoms with van der Waals surface area (Å²) >= 11 is 0. The molecule has 1 aromatic rings. The zero-order valence-corrected chi connectivity index (χ0v) is 13.4. The SMILES string of the molecule is Cc1ccc(C(CN)N(C)C2CCCCCC2)c(C)c1. The van der Waals surface area contributed by atoms with Crippen molar-refractivity contribution in [3.8, 4) is 0 Å². The van der Waals surface area contributed by atoms with Crippen molar-refractivity contribution in [1.82, 2.24) is 4.90 Å². The molecule has 0 heterocycles. The van der Waals surface area contributed by atoms with Crippen LogP contribution in [0.2, 0.25) is 0 Å². The lowest BCUT2D eigenvalue weighted by Gasteiger charge is -2.35. The Morgan fingerprint density at radius 3 is 2.35 bits per heavy atom. The minimum Gasteiger partial charge on any atom is -0.329 e. The topological polar surface area (TPSA) is 29.3 Å². The second kappa shape index (κ2) is 7.24. The summed E-state index contributed by atoms with van der Waals surface area (Å²) in [7, 11) is 2.27. The van der Waals surface area contributed by atoms with Crippen LogP contribution in [0.15, 0.2) is 18.2 Å². The van der Waals surface area contributed by atoms with Gasteiger partial charge in [-0.1, -0.05) is 49.4 Å². The Balaban J connectivity index is 2.17. The number of hydrogen-bond donors (Lipinski definition) is 1. The summed E-state index contributed by atoms with van der Waals surface area (Å²) in [6.07, 6.45) is 8.22. The van der Waals surface area contributed by atoms with Gasteiger partial charge in [0.15, 0.2) is 0 Å². The Labute approximate surface area is 124 Å². The third-order valence-electron chi connectivity index (χ3n) is 4.90. The molecule has 1 unspecified atom stereocenters. The molecule has 0 spiro atoms. The summed E-state index contributed by atoms with van der Waals surface area (Å²) in [6, 6.07) is 7.82. The predicted octanol–water partition coefficient (Wildman–Crippen LogP) is 3.96. The maximum Gasteiger partial charge on any atom is 0.0472 e. The first-order chi connectivity index (χ1) is 9.63. The van der Waals surface area contributed by atoms with Gasteiger partial charge in [0.1, 0.15) is 0 Å². The molecule has 1 atom stereocenters. The van der Waals surface area contributed by atoms with E-state index in [4.69, 9.17) is 5.73 Å². The van der Waals surface area contributed by atoms with E-state index in [0.717, 1.165) is 0 Å². The summed E-state index contributed by atoms with van der Waals surface area (Å²) < 4.78 is 0. The van der Waals surface area contributed by atoms with Gasteiger partial charge in [-0.05, 0) is 44.9 Å². The third-order valence-corrected chi connectivity index (χ3v) is 4.90. The molecule has 1 aromatic carbocycles. The first kappa shape index (κ1) is 15.5. The Kier molecular flexibility index (Phi) is 5.62. The maximum atomic E-state index is 6.12. The Bertz CT molecular complexity index is 419. The van der Waals surface area contributed by atoms with Gasteiger partial charge in [-0.15, -0.1) is 0 Å². The molecule has 1 aliphatic carbocycles. The van der Waals surface area contributed by atoms with Crippen LogP contribution in [0.5, 0.6) is 0 Å². The molecule has 1 aliphatic rings. The molecule has 0 aliphatic heterocycles. The number of likely N-dealkylation sites (N-methyl/N-ethyl adjacent to an activating group) is 1. The van der Waals surface area contributed by atoms with Crippen molar-refractivity contribution in [3.05, 3.63) is 34.9 Å². The standard InChI is InChI=1S/C18H30N2/c1-14-10-11-17(15(2)12-14)18(13-19)20(3)16-8-6-4-5-7-9-16/h10-12,16,18H,4-9,13,19H2,1-3H3. The van der Waals surface area contributed by atoms with E-state index in [1.54, 1.807) is 0 Å². The van der Waals surface area contributed by atoms with Crippen molar-refractivity contribution in [2.75, 3.05) is 13.6 Å². The van der Waals surface area contributed by atoms with Crippen molar-refractivity contribution >= 4 is 0 Å². The van der Waals surface area contributed by atoms with Gasteiger partial charge in [0.25, 0.3) is 0 Å². The van der Waals surface area contributed by atoms with Gasteiger partial charge in [-0.25, -0.2) is 0 Å². The van der Waals surface area contributed by atoms with Crippen LogP contribution < -0.4 is 5.73 Å². The normalized spacial score (nSPS) is 19.1. The van der Waals surface area contributed by atoms with Gasteiger partial charge < -0.3 is 5.73 Å². The lowest BCUT2D eigenvalue weighted by Crippen LogP contribution is -2.38. The smallest absolute Gasteiger partial charge is 0.0472 e. The highest BCUT2D eigenvalue weighted by Gasteiger charge is 2.24. The van der Waals surface area contributed by atoms with Gasteiger partial charge in [-0.2, -0.15) is 0 Å². The molecule has 0 aromatic heterocycles. The lowest BCUT2D eigenvalue weighted by molar-refractivity contribution is 0.161. The number of hydrogen-bond acceptors (Lipinski definition) is 2. The van der Waals surface area contributed by atoms with Crippen molar-refractivity contribution in [2.45, 2.75) is 64.5 Å². The summed E-state index contributed by atoms with van der Waals surface area (Å²) in [5.74, 6) is 0. The maximum absolute atomic E-state index is 6.12. The van der Waals surface area contributed by atoms with Crippen LogP contribution in [0.1, 0.15) is 61.3 Å². The van der Waals surface area contributed by atoms with E-state index in [1.165, 1.54) is 55.2 Å². The van der Waals surface area contributed by atoms with E-state index in [9.17, 15) is 0 Å². The largest absolute Gasteiger partial charge is 0.329 e. The Hall–Kier alpha value is -0.860. The lowest BCUT2D eigenvalue weighted by atomic mass is 9.96. The fourth-order valence-electron chi connectivity index (χ4n) is 3.63. The summed E-state index contributed by atoms with van der Waals surface area (Å²) in [6.45, 7) is 5.08. The molecule has 2 nitrogen and oxygen atoms in total. The van der Waals surface area contributed by atoms with Crippen LogP contribution in [0.4, 0.5) is 0 Å². The molecule has 20 heavy (non-hydrogen) atoms. The average molecular weight is 274 g/mol. The minimum atomic E-state index is 0.360. The molecular formula is C18H30N2. The molecule has 2 heteroatoms. The molecule has 0 radical (unpaired) electrons. The molecule has 0 bridgehead atoms. The molecular weight excluding hydrogens is 244 g/mol. The average Bonchev–Trinajstić information content (AvgIpc) is 2.70. The first-order valence-electron chi connectivity index (χ1n) is 8.12. The van der Waals surface area contributed by atoms with Crippen LogP contribution in [0, 0.1) is 13.8 Å². The third kappa shape index (κ3) is 3.62. The quantitative estimate of drug-likeness (QED) is 0.842. The van der Waals surface area contributed by atoms with E-state index >= 15 is 0 Å². The number of rotatable bonds is 4. The van der Waals surface area contributed by atoms with Crippen molar-refractivity contribution in [3.63, 3.8) is 0 Å². The first-order valence-corrected chi connectivity index (χ1v) is 8.12. The number of nitrogens with two attached hydrogens (primary N) is 1. The summed E-state index contributed by atoms with van der Waals surface area (Å²) in [4.78, 5) is 2.54. The summed E-state index contributed by atoms with van der Waals surface area (Å²) in [5.41, 5.74) is 10.2. The van der Waals surface area contributed by atoms with Crippen LogP contribution in [-0.4, -0.2) is 24.5 Å². The fourth-order valence-corrected chi connectivity index (χ4v) is 3.63. The highest BCUT2D eigenvalue weighted by Crippen LogP contribution is 2.29. The van der Waals surface area contributed by atoms with Gasteiger partial charge in [0.2, 0.25) is 0 Å². The zero-order chi connectivity index (χ0) is 14.5. The van der Waals surface area contributed by atoms with Crippen LogP contribution in [0.25, 0.3) is 0 Å². The van der Waals surface area contributed by atoms with Crippen LogP contribution in [-0.2, 0) is 0 Å². The summed E-state index contributed by atoms with van der Waals surface area (Å²) in [5, 5.41) is 0. The van der Waals surface area contributed by atoms with E-state index in [0.29, 0.717) is 18.6 Å². The second-order valence-corrected chi connectivity index (χ2v) is 6.42. The van der Waals surface area contributed by atoms with Crippen molar-refractivity contribution in [2.24, 2.45) is 5.73 Å². The number of nitrogens with zero attached hydrogens (tertiary/aromatic N) is 1. The molecule has 112 valence electrons. The Morgan fingerprint density at radius 1 is 1.15 bits per heavy atom. The second-order valence-electron chi connectivity index (χ2n) is 6.42. The highest BCUT2D eigenvalue weighted by molar-refractivity contribution is 5.33. The predicted molar refractivity (Wildman–Crippen MR) is 87.0 cm³/mol. The molecule has 2 rings (SSSR count). The molecule has 0 saturated heterocycles. The Morgan fingerprint density at radius 2 is 1.80 bits per heavy atom. The van der Waals surface area contributed by atoms with Crippen LogP contribution in [0.3, 0.4) is 0 Å². The van der Waals surface area contributed by atoms with Crippen molar-refractivity contribution in [1.29, 1.82) is 0 Å². The zero-order valence-electron chi connectivity index (χ0n) is 13.4. The van der Waals surface area contributed by atoms with Gasteiger partial charge in [-0.3, -0.25) is 4.90 Å². The van der Waals surface area contributed by atoms with Gasteiger partial charge in [0.05, 0.1) is 0 Å². The van der Waals surface area contributed by atoms with E-state index in [-0.39, 0.29) is 0 Å². The minimum absolute atomic E-state index is 0.360. The van der Waals surface area contributed by atoms with E-state index in [2.05, 4.69) is 44.0 Å². The molecule has 2 N–H and O–H groups in total. The fraction of sp³-hybridized carbons (Fsp3) is 0.667. The molecule has 1 saturated carbocycles. The monoisotopic (exact) mass is 274 g/mol. The van der Waals surface area contributed by atoms with E-state index < -0.39 is 0 Å². The van der Waals surface area contributed by atoms with E-state index in [1.807, 2.05) is 0 Å². The van der Waals surface area contributed by atoms with Crippen molar-refractivity contribution < 1.29 is 0 Å². The van der Waals surface area contributed by atoms with Gasteiger partial charge >= 0.3 is 0 Å².